The third-order valence-electron chi connectivity index (χ3n) is 4.57. The highest BCUT2D eigenvalue weighted by atomic mass is 16.5. The molecule has 3 rings (SSSR count). The molecule has 6 N–H and O–H groups in total. The van der Waals surface area contributed by atoms with Gasteiger partial charge in [0.05, 0.1) is 6.42 Å². The van der Waals surface area contributed by atoms with Crippen LogP contribution in [-0.2, 0) is 9.59 Å². The molecule has 1 amide bonds. The van der Waals surface area contributed by atoms with Crippen LogP contribution in [0, 0.1) is 5.41 Å². The Kier molecular flexibility index (Phi) is 7.07. The summed E-state index contributed by atoms with van der Waals surface area (Å²) in [6.07, 6.45) is -0.776. The van der Waals surface area contributed by atoms with Crippen molar-refractivity contribution in [3.05, 3.63) is 77.6 Å². The van der Waals surface area contributed by atoms with Gasteiger partial charge in [-0.15, -0.1) is 0 Å². The number of rotatable bonds is 9. The van der Waals surface area contributed by atoms with Gasteiger partial charge in [0.15, 0.2) is 0 Å². The van der Waals surface area contributed by atoms with Gasteiger partial charge in [-0.3, -0.25) is 15.0 Å². The number of esters is 1. The number of benzene rings is 2. The fraction of sp³-hybridized carbons (Fsp3) is 0.0870. The SMILES string of the molecule is N=C(N)c1ccc(OC(=O)c2ccc(-c3cccc(C(=O)N[C@@H](CC(=O)O)C(=O)O)c3)o2)cc1. The average Bonchev–Trinajstić information content (AvgIpc) is 3.29. The number of nitrogens with one attached hydrogen (secondary N) is 2. The molecule has 1 heterocycles. The van der Waals surface area contributed by atoms with Gasteiger partial charge < -0.3 is 30.4 Å². The van der Waals surface area contributed by atoms with Crippen LogP contribution < -0.4 is 15.8 Å². The van der Waals surface area contributed by atoms with E-state index < -0.39 is 36.3 Å². The molecule has 0 saturated heterocycles. The summed E-state index contributed by atoms with van der Waals surface area (Å²) < 4.78 is 10.8. The third kappa shape index (κ3) is 5.85. The zero-order valence-electron chi connectivity index (χ0n) is 17.5. The Morgan fingerprint density at radius 2 is 1.71 bits per heavy atom. The molecule has 0 fully saturated rings. The first kappa shape index (κ1) is 23.7. The second-order valence-corrected chi connectivity index (χ2v) is 7.03. The second-order valence-electron chi connectivity index (χ2n) is 7.03. The number of nitrogens with two attached hydrogens (primary N) is 1. The predicted molar refractivity (Wildman–Crippen MR) is 118 cm³/mol. The van der Waals surface area contributed by atoms with E-state index in [-0.39, 0.29) is 28.7 Å². The normalized spacial score (nSPS) is 11.3. The molecule has 0 spiro atoms. The standard InChI is InChI=1S/C23H19N3O8/c24-20(25)12-4-6-15(7-5-12)33-23(32)18-9-8-17(34-18)13-2-1-3-14(10-13)21(29)26-16(22(30)31)11-19(27)28/h1-10,16H,11H2,(H3,24,25)(H,26,29)(H,27,28)(H,30,31)/t16-/m0/s1. The summed E-state index contributed by atoms with van der Waals surface area (Å²) in [6, 6.07) is 13.3. The Morgan fingerprint density at radius 1 is 1.00 bits per heavy atom. The van der Waals surface area contributed by atoms with E-state index in [1.807, 2.05) is 0 Å². The second kappa shape index (κ2) is 10.1. The highest BCUT2D eigenvalue weighted by Gasteiger charge is 2.24. The van der Waals surface area contributed by atoms with Crippen molar-refractivity contribution in [3.8, 4) is 17.1 Å². The maximum atomic E-state index is 12.4. The van der Waals surface area contributed by atoms with Crippen LogP contribution in [0.15, 0.2) is 65.1 Å². The van der Waals surface area contributed by atoms with Crippen LogP contribution in [0.1, 0.15) is 32.9 Å². The summed E-state index contributed by atoms with van der Waals surface area (Å²) in [5.74, 6) is -4.15. The number of carboxylic acid groups (broad SMARTS) is 2. The van der Waals surface area contributed by atoms with Crippen LogP contribution in [0.2, 0.25) is 0 Å². The zero-order chi connectivity index (χ0) is 24.8. The van der Waals surface area contributed by atoms with Gasteiger partial charge in [-0.1, -0.05) is 12.1 Å². The first-order valence-electron chi connectivity index (χ1n) is 9.76. The van der Waals surface area contributed by atoms with Crippen molar-refractivity contribution in [2.75, 3.05) is 0 Å². The van der Waals surface area contributed by atoms with Crippen LogP contribution in [0.25, 0.3) is 11.3 Å². The molecular weight excluding hydrogens is 446 g/mol. The van der Waals surface area contributed by atoms with Crippen molar-refractivity contribution in [2.24, 2.45) is 5.73 Å². The molecule has 1 aromatic heterocycles. The van der Waals surface area contributed by atoms with E-state index in [2.05, 4.69) is 5.32 Å². The van der Waals surface area contributed by atoms with Gasteiger partial charge in [-0.25, -0.2) is 9.59 Å². The quantitative estimate of drug-likeness (QED) is 0.136. The van der Waals surface area contributed by atoms with E-state index in [9.17, 15) is 19.2 Å². The number of hydrogen-bond donors (Lipinski definition) is 5. The van der Waals surface area contributed by atoms with Crippen molar-refractivity contribution in [1.29, 1.82) is 5.41 Å². The lowest BCUT2D eigenvalue weighted by atomic mass is 10.1. The minimum absolute atomic E-state index is 0.0697. The first-order chi connectivity index (χ1) is 16.1. The minimum Gasteiger partial charge on any atom is -0.481 e. The van der Waals surface area contributed by atoms with Crippen molar-refractivity contribution in [1.82, 2.24) is 5.32 Å². The number of amidine groups is 1. The minimum atomic E-state index is -1.59. The van der Waals surface area contributed by atoms with Gasteiger partial charge in [-0.2, -0.15) is 0 Å². The summed E-state index contributed by atoms with van der Waals surface area (Å²) >= 11 is 0. The number of ether oxygens (including phenoxy) is 1. The molecule has 1 atom stereocenters. The lowest BCUT2D eigenvalue weighted by Gasteiger charge is -2.12. The molecule has 0 aliphatic heterocycles. The van der Waals surface area contributed by atoms with Gasteiger partial charge in [0.1, 0.15) is 23.4 Å². The third-order valence-corrected chi connectivity index (χ3v) is 4.57. The molecule has 0 bridgehead atoms. The van der Waals surface area contributed by atoms with E-state index in [0.717, 1.165) is 0 Å². The number of hydrogen-bond acceptors (Lipinski definition) is 7. The smallest absolute Gasteiger partial charge is 0.379 e. The number of aliphatic carboxylic acids is 2. The van der Waals surface area contributed by atoms with Gasteiger partial charge in [-0.05, 0) is 48.5 Å². The molecule has 11 heteroatoms. The van der Waals surface area contributed by atoms with Crippen LogP contribution in [-0.4, -0.2) is 45.9 Å². The van der Waals surface area contributed by atoms with Crippen molar-refractivity contribution in [3.63, 3.8) is 0 Å². The topological polar surface area (TPSA) is 193 Å². The fourth-order valence-electron chi connectivity index (χ4n) is 2.89. The first-order valence-corrected chi connectivity index (χ1v) is 9.76. The monoisotopic (exact) mass is 465 g/mol. The molecule has 34 heavy (non-hydrogen) atoms. The van der Waals surface area contributed by atoms with Crippen LogP contribution in [0.5, 0.6) is 5.75 Å². The Bertz CT molecular complexity index is 1260. The maximum absolute atomic E-state index is 12.4. The highest BCUT2D eigenvalue weighted by molar-refractivity contribution is 5.98. The number of nitrogen functional groups attached to an aromatic ring is 1. The molecule has 0 radical (unpaired) electrons. The van der Waals surface area contributed by atoms with E-state index in [0.29, 0.717) is 11.1 Å². The van der Waals surface area contributed by atoms with Gasteiger partial charge in [0.25, 0.3) is 5.91 Å². The van der Waals surface area contributed by atoms with Gasteiger partial charge in [0.2, 0.25) is 5.76 Å². The molecule has 2 aromatic carbocycles. The molecule has 174 valence electrons. The van der Waals surface area contributed by atoms with Crippen LogP contribution >= 0.6 is 0 Å². The summed E-state index contributed by atoms with van der Waals surface area (Å²) in [4.78, 5) is 46.8. The largest absolute Gasteiger partial charge is 0.481 e. The Labute approximate surface area is 192 Å². The summed E-state index contributed by atoms with van der Waals surface area (Å²) in [7, 11) is 0. The fourth-order valence-corrected chi connectivity index (χ4v) is 2.89. The number of carbonyl (C=O) groups excluding carboxylic acids is 2. The van der Waals surface area contributed by atoms with E-state index in [1.54, 1.807) is 6.07 Å². The Balaban J connectivity index is 1.72. The lowest BCUT2D eigenvalue weighted by Crippen LogP contribution is -2.42. The number of carboxylic acids is 2. The number of carbonyl (C=O) groups is 4. The molecule has 0 aliphatic carbocycles. The predicted octanol–water partition coefficient (Wildman–Crippen LogP) is 2.11. The molecule has 0 saturated carbocycles. The number of amides is 1. The maximum Gasteiger partial charge on any atom is 0.379 e. The van der Waals surface area contributed by atoms with Crippen molar-refractivity contribution in [2.45, 2.75) is 12.5 Å². The molecule has 0 unspecified atom stereocenters. The summed E-state index contributed by atoms with van der Waals surface area (Å²) in [5, 5.41) is 27.4. The summed E-state index contributed by atoms with van der Waals surface area (Å²) in [6.45, 7) is 0. The Hall–Kier alpha value is -4.93. The summed E-state index contributed by atoms with van der Waals surface area (Å²) in [5.41, 5.74) is 6.35. The van der Waals surface area contributed by atoms with Crippen LogP contribution in [0.4, 0.5) is 0 Å². The van der Waals surface area contributed by atoms with Crippen molar-refractivity contribution < 1.29 is 38.5 Å². The lowest BCUT2D eigenvalue weighted by molar-refractivity contribution is -0.145. The zero-order valence-corrected chi connectivity index (χ0v) is 17.5. The number of furan rings is 1. The van der Waals surface area contributed by atoms with E-state index in [4.69, 9.17) is 30.5 Å². The molecule has 3 aromatic rings. The van der Waals surface area contributed by atoms with Gasteiger partial charge in [0, 0.05) is 16.7 Å². The average molecular weight is 465 g/mol. The van der Waals surface area contributed by atoms with Crippen molar-refractivity contribution >= 4 is 29.7 Å². The Morgan fingerprint density at radius 3 is 2.32 bits per heavy atom. The van der Waals surface area contributed by atoms with E-state index in [1.165, 1.54) is 54.6 Å². The van der Waals surface area contributed by atoms with Gasteiger partial charge >= 0.3 is 17.9 Å². The highest BCUT2D eigenvalue weighted by Crippen LogP contribution is 2.24. The molecule has 11 nitrogen and oxygen atoms in total. The molecule has 0 aliphatic rings. The van der Waals surface area contributed by atoms with Crippen LogP contribution in [0.3, 0.4) is 0 Å². The van der Waals surface area contributed by atoms with E-state index >= 15 is 0 Å². The molecular formula is C23H19N3O8.